The second kappa shape index (κ2) is 2.96. The van der Waals surface area contributed by atoms with Crippen LogP contribution < -0.4 is 5.84 Å². The predicted octanol–water partition coefficient (Wildman–Crippen LogP) is -0.253. The van der Waals surface area contributed by atoms with E-state index in [1.165, 1.54) is 0 Å². The maximum atomic E-state index is 5.56. The van der Waals surface area contributed by atoms with Crippen LogP contribution in [0.1, 0.15) is 0 Å². The molecule has 52 valence electrons. The van der Waals surface area contributed by atoms with Crippen molar-refractivity contribution in [3.63, 3.8) is 0 Å². The lowest BCUT2D eigenvalue weighted by atomic mass is 10.3. The summed E-state index contributed by atoms with van der Waals surface area (Å²) in [6.07, 6.45) is 4.10. The minimum Gasteiger partial charge on any atom is -0.383 e. The van der Waals surface area contributed by atoms with Gasteiger partial charge in [-0.2, -0.15) is 0 Å². The first-order valence-electron chi connectivity index (χ1n) is 3.01. The zero-order valence-corrected chi connectivity index (χ0v) is 5.58. The molecule has 0 aromatic carbocycles. The Morgan fingerprint density at radius 3 is 3.11 bits per heavy atom. The van der Waals surface area contributed by atoms with Crippen molar-refractivity contribution in [2.75, 3.05) is 20.3 Å². The van der Waals surface area contributed by atoms with Gasteiger partial charge < -0.3 is 4.74 Å². The first-order valence-corrected chi connectivity index (χ1v) is 3.01. The van der Waals surface area contributed by atoms with Crippen molar-refractivity contribution in [2.45, 2.75) is 6.04 Å². The second-order valence-electron chi connectivity index (χ2n) is 2.15. The Balaban J connectivity index is 2.31. The molecule has 1 rings (SSSR count). The first-order chi connectivity index (χ1) is 4.34. The summed E-state index contributed by atoms with van der Waals surface area (Å²) in [5.74, 6) is 5.56. The topological polar surface area (TPSA) is 38.5 Å². The van der Waals surface area contributed by atoms with Crippen LogP contribution in [0.3, 0.4) is 0 Å². The highest BCUT2D eigenvalue weighted by Crippen LogP contribution is 2.03. The summed E-state index contributed by atoms with van der Waals surface area (Å²) in [7, 11) is 1.68. The second-order valence-corrected chi connectivity index (χ2v) is 2.15. The molecule has 0 fully saturated rings. The van der Waals surface area contributed by atoms with Gasteiger partial charge in [-0.25, -0.2) is 5.01 Å². The maximum absolute atomic E-state index is 5.56. The molecule has 0 spiro atoms. The largest absolute Gasteiger partial charge is 0.383 e. The Kier molecular flexibility index (Phi) is 2.22. The normalized spacial score (nSPS) is 27.6. The zero-order chi connectivity index (χ0) is 6.69. The van der Waals surface area contributed by atoms with Crippen LogP contribution in [0.15, 0.2) is 12.2 Å². The molecule has 0 aromatic rings. The van der Waals surface area contributed by atoms with Crippen LogP contribution in [-0.2, 0) is 4.74 Å². The van der Waals surface area contributed by atoms with Crippen LogP contribution in [0.25, 0.3) is 0 Å². The van der Waals surface area contributed by atoms with E-state index in [1.54, 1.807) is 12.1 Å². The molecule has 2 N–H and O–H groups in total. The van der Waals surface area contributed by atoms with Crippen LogP contribution in [0, 0.1) is 0 Å². The summed E-state index contributed by atoms with van der Waals surface area (Å²) in [6.45, 7) is 1.53. The third-order valence-corrected chi connectivity index (χ3v) is 1.44. The molecule has 1 heterocycles. The molecule has 3 heteroatoms. The highest BCUT2D eigenvalue weighted by molar-refractivity contribution is 5.01. The molecule has 1 unspecified atom stereocenters. The number of nitrogens with zero attached hydrogens (tertiary/aromatic N) is 1. The average Bonchev–Trinajstić information content (AvgIpc) is 2.18. The monoisotopic (exact) mass is 128 g/mol. The molecule has 1 atom stereocenters. The van der Waals surface area contributed by atoms with Crippen LogP contribution >= 0.6 is 0 Å². The Morgan fingerprint density at radius 2 is 2.67 bits per heavy atom. The minimum absolute atomic E-state index is 0.287. The van der Waals surface area contributed by atoms with Crippen LogP contribution in [0.5, 0.6) is 0 Å². The number of hydrogen-bond donors (Lipinski definition) is 1. The lowest BCUT2D eigenvalue weighted by Gasteiger charge is -2.16. The molecule has 3 nitrogen and oxygen atoms in total. The van der Waals surface area contributed by atoms with E-state index in [0.717, 1.165) is 6.54 Å². The molecule has 1 aliphatic heterocycles. The SMILES string of the molecule is COCC1C=CCN1N. The van der Waals surface area contributed by atoms with Crippen molar-refractivity contribution >= 4 is 0 Å². The smallest absolute Gasteiger partial charge is 0.0667 e. The first kappa shape index (κ1) is 6.74. The van der Waals surface area contributed by atoms with Gasteiger partial charge in [0.2, 0.25) is 0 Å². The molecule has 0 aliphatic carbocycles. The summed E-state index contributed by atoms with van der Waals surface area (Å²) >= 11 is 0. The van der Waals surface area contributed by atoms with E-state index >= 15 is 0 Å². The molecule has 0 bridgehead atoms. The van der Waals surface area contributed by atoms with Gasteiger partial charge in [-0.15, -0.1) is 0 Å². The van der Waals surface area contributed by atoms with Crippen LogP contribution in [0.2, 0.25) is 0 Å². The molecule has 0 amide bonds. The summed E-state index contributed by atoms with van der Waals surface area (Å²) in [4.78, 5) is 0. The number of methoxy groups -OCH3 is 1. The van der Waals surface area contributed by atoms with Gasteiger partial charge in [0.05, 0.1) is 12.6 Å². The lowest BCUT2D eigenvalue weighted by molar-refractivity contribution is 0.129. The van der Waals surface area contributed by atoms with Gasteiger partial charge in [-0.3, -0.25) is 5.84 Å². The quantitative estimate of drug-likeness (QED) is 0.411. The number of nitrogens with two attached hydrogens (primary N) is 1. The average molecular weight is 128 g/mol. The Bertz CT molecular complexity index is 114. The Labute approximate surface area is 55.1 Å². The minimum atomic E-state index is 0.287. The maximum Gasteiger partial charge on any atom is 0.0667 e. The lowest BCUT2D eigenvalue weighted by Crippen LogP contribution is -2.38. The highest BCUT2D eigenvalue weighted by Gasteiger charge is 2.14. The molecular weight excluding hydrogens is 116 g/mol. The molecule has 0 saturated heterocycles. The van der Waals surface area contributed by atoms with Crippen molar-refractivity contribution in [1.29, 1.82) is 0 Å². The summed E-state index contributed by atoms with van der Waals surface area (Å²) in [5.41, 5.74) is 0. The molecule has 9 heavy (non-hydrogen) atoms. The molecule has 0 radical (unpaired) electrons. The van der Waals surface area contributed by atoms with Crippen molar-refractivity contribution in [2.24, 2.45) is 5.84 Å². The fourth-order valence-corrected chi connectivity index (χ4v) is 0.908. The summed E-state index contributed by atoms with van der Waals surface area (Å²) in [5, 5.41) is 1.75. The van der Waals surface area contributed by atoms with Gasteiger partial charge in [-0.05, 0) is 0 Å². The van der Waals surface area contributed by atoms with Crippen LogP contribution in [-0.4, -0.2) is 31.3 Å². The van der Waals surface area contributed by atoms with E-state index in [1.807, 2.05) is 6.08 Å². The number of hydrazine groups is 1. The molecule has 0 saturated carbocycles. The third kappa shape index (κ3) is 1.51. The van der Waals surface area contributed by atoms with E-state index in [2.05, 4.69) is 6.08 Å². The zero-order valence-electron chi connectivity index (χ0n) is 5.58. The van der Waals surface area contributed by atoms with Crippen LogP contribution in [0.4, 0.5) is 0 Å². The van der Waals surface area contributed by atoms with Gasteiger partial charge in [0.25, 0.3) is 0 Å². The van der Waals surface area contributed by atoms with Crippen molar-refractivity contribution < 1.29 is 4.74 Å². The fraction of sp³-hybridized carbons (Fsp3) is 0.667. The van der Waals surface area contributed by atoms with Crippen molar-refractivity contribution in [3.8, 4) is 0 Å². The van der Waals surface area contributed by atoms with E-state index in [-0.39, 0.29) is 6.04 Å². The standard InChI is InChI=1S/C6H12N2O/c1-9-5-6-3-2-4-8(6)7/h2-3,6H,4-5,7H2,1H3. The summed E-state index contributed by atoms with van der Waals surface area (Å²) < 4.78 is 4.92. The van der Waals surface area contributed by atoms with E-state index < -0.39 is 0 Å². The highest BCUT2D eigenvalue weighted by atomic mass is 16.5. The number of hydrogen-bond acceptors (Lipinski definition) is 3. The van der Waals surface area contributed by atoms with Crippen molar-refractivity contribution in [3.05, 3.63) is 12.2 Å². The summed E-state index contributed by atoms with van der Waals surface area (Å²) in [6, 6.07) is 0.287. The molecule has 1 aliphatic rings. The van der Waals surface area contributed by atoms with E-state index in [4.69, 9.17) is 10.6 Å². The van der Waals surface area contributed by atoms with Gasteiger partial charge in [-0.1, -0.05) is 12.2 Å². The van der Waals surface area contributed by atoms with Gasteiger partial charge in [0.1, 0.15) is 0 Å². The third-order valence-electron chi connectivity index (χ3n) is 1.44. The Hall–Kier alpha value is -0.380. The number of ether oxygens (including phenoxy) is 1. The van der Waals surface area contributed by atoms with Gasteiger partial charge in [0.15, 0.2) is 0 Å². The van der Waals surface area contributed by atoms with Gasteiger partial charge >= 0.3 is 0 Å². The fourth-order valence-electron chi connectivity index (χ4n) is 0.908. The van der Waals surface area contributed by atoms with E-state index in [9.17, 15) is 0 Å². The number of rotatable bonds is 2. The molecule has 0 aromatic heterocycles. The molecular formula is C6H12N2O. The Morgan fingerprint density at radius 1 is 1.89 bits per heavy atom. The predicted molar refractivity (Wildman–Crippen MR) is 35.7 cm³/mol. The van der Waals surface area contributed by atoms with Crippen molar-refractivity contribution in [1.82, 2.24) is 5.01 Å². The van der Waals surface area contributed by atoms with Gasteiger partial charge in [0, 0.05) is 13.7 Å². The van der Waals surface area contributed by atoms with E-state index in [0.29, 0.717) is 6.61 Å².